The molecule has 0 radical (unpaired) electrons. The van der Waals surface area contributed by atoms with Crippen molar-refractivity contribution >= 4 is 11.6 Å². The van der Waals surface area contributed by atoms with Gasteiger partial charge >= 0.3 is 0 Å². The Balaban J connectivity index is 1.22. The maximum Gasteiger partial charge on any atom is 0.249 e. The van der Waals surface area contributed by atoms with Crippen molar-refractivity contribution in [2.24, 2.45) is 0 Å². The average Bonchev–Trinajstić information content (AvgIpc) is 3.39. The fourth-order valence-corrected chi connectivity index (χ4v) is 3.88. The number of benzene rings is 1. The summed E-state index contributed by atoms with van der Waals surface area (Å²) in [6, 6.07) is 7.60. The van der Waals surface area contributed by atoms with Crippen LogP contribution in [0.3, 0.4) is 0 Å². The molecule has 0 N–H and O–H groups in total. The van der Waals surface area contributed by atoms with Crippen LogP contribution in [-0.2, 0) is 6.54 Å². The summed E-state index contributed by atoms with van der Waals surface area (Å²) in [6.45, 7) is 2.93. The number of rotatable bonds is 4. The van der Waals surface area contributed by atoms with E-state index in [1.54, 1.807) is 12.4 Å². The summed E-state index contributed by atoms with van der Waals surface area (Å²) in [6.07, 6.45) is 5.39. The number of hydrogen-bond donors (Lipinski definition) is 0. The maximum absolute atomic E-state index is 6.41. The SMILES string of the molecule is Clc1cc2c(cc1CN1CCC(c3nnc(-c4cccnc4)o3)CC1)OCO2. The summed E-state index contributed by atoms with van der Waals surface area (Å²) in [7, 11) is 0. The van der Waals surface area contributed by atoms with E-state index in [9.17, 15) is 0 Å². The molecule has 28 heavy (non-hydrogen) atoms. The van der Waals surface area contributed by atoms with Crippen molar-refractivity contribution < 1.29 is 13.9 Å². The number of halogens is 1. The molecule has 0 bridgehead atoms. The Morgan fingerprint density at radius 3 is 2.71 bits per heavy atom. The van der Waals surface area contributed by atoms with E-state index < -0.39 is 0 Å². The highest BCUT2D eigenvalue weighted by Gasteiger charge is 2.26. The van der Waals surface area contributed by atoms with E-state index in [-0.39, 0.29) is 12.7 Å². The second kappa shape index (κ2) is 7.41. The fraction of sp³-hybridized carbons (Fsp3) is 0.350. The van der Waals surface area contributed by atoms with Crippen LogP contribution < -0.4 is 9.47 Å². The van der Waals surface area contributed by atoms with Crippen molar-refractivity contribution in [2.45, 2.75) is 25.3 Å². The molecule has 5 rings (SSSR count). The van der Waals surface area contributed by atoms with Crippen LogP contribution in [0.1, 0.15) is 30.2 Å². The van der Waals surface area contributed by atoms with Gasteiger partial charge in [0.1, 0.15) is 0 Å². The smallest absolute Gasteiger partial charge is 0.249 e. The number of hydrogen-bond acceptors (Lipinski definition) is 7. The Hall–Kier alpha value is -2.64. The van der Waals surface area contributed by atoms with Gasteiger partial charge in [0.15, 0.2) is 11.5 Å². The molecule has 144 valence electrons. The quantitative estimate of drug-likeness (QED) is 0.659. The largest absolute Gasteiger partial charge is 0.454 e. The first-order chi connectivity index (χ1) is 13.8. The lowest BCUT2D eigenvalue weighted by atomic mass is 9.96. The van der Waals surface area contributed by atoms with Gasteiger partial charge in [0, 0.05) is 35.9 Å². The molecule has 0 saturated carbocycles. The monoisotopic (exact) mass is 398 g/mol. The lowest BCUT2D eigenvalue weighted by molar-refractivity contribution is 0.173. The number of pyridine rings is 1. The van der Waals surface area contributed by atoms with Crippen LogP contribution >= 0.6 is 11.6 Å². The van der Waals surface area contributed by atoms with Crippen LogP contribution in [0.25, 0.3) is 11.5 Å². The molecule has 2 aliphatic rings. The highest BCUT2D eigenvalue weighted by molar-refractivity contribution is 6.31. The molecule has 4 heterocycles. The summed E-state index contributed by atoms with van der Waals surface area (Å²) < 4.78 is 16.7. The van der Waals surface area contributed by atoms with Crippen LogP contribution in [0.5, 0.6) is 11.5 Å². The van der Waals surface area contributed by atoms with E-state index in [1.807, 2.05) is 24.3 Å². The molecule has 1 saturated heterocycles. The first-order valence-corrected chi connectivity index (χ1v) is 9.68. The van der Waals surface area contributed by atoms with Gasteiger partial charge in [-0.3, -0.25) is 9.88 Å². The molecule has 3 aromatic rings. The second-order valence-corrected chi connectivity index (χ2v) is 7.44. The van der Waals surface area contributed by atoms with Crippen LogP contribution in [0.4, 0.5) is 0 Å². The number of fused-ring (bicyclic) bond motifs is 1. The number of piperidine rings is 1. The van der Waals surface area contributed by atoms with Gasteiger partial charge in [0.05, 0.1) is 5.56 Å². The minimum absolute atomic E-state index is 0.256. The zero-order chi connectivity index (χ0) is 18.9. The van der Waals surface area contributed by atoms with Crippen LogP contribution in [0.2, 0.25) is 5.02 Å². The fourth-order valence-electron chi connectivity index (χ4n) is 3.66. The van der Waals surface area contributed by atoms with Crippen molar-refractivity contribution in [1.82, 2.24) is 20.1 Å². The van der Waals surface area contributed by atoms with Gasteiger partial charge in [0.2, 0.25) is 18.6 Å². The molecule has 0 unspecified atom stereocenters. The lowest BCUT2D eigenvalue weighted by Crippen LogP contribution is -2.32. The van der Waals surface area contributed by atoms with E-state index in [0.29, 0.717) is 22.6 Å². The van der Waals surface area contributed by atoms with Crippen LogP contribution in [-0.4, -0.2) is 40.0 Å². The molecule has 2 aromatic heterocycles. The van der Waals surface area contributed by atoms with Crippen molar-refractivity contribution in [3.05, 3.63) is 53.1 Å². The summed E-state index contributed by atoms with van der Waals surface area (Å²) in [4.78, 5) is 6.49. The topological polar surface area (TPSA) is 73.5 Å². The molecular weight excluding hydrogens is 380 g/mol. The Morgan fingerprint density at radius 1 is 1.11 bits per heavy atom. The van der Waals surface area contributed by atoms with E-state index in [2.05, 4.69) is 20.1 Å². The predicted molar refractivity (Wildman–Crippen MR) is 102 cm³/mol. The standard InChI is InChI=1S/C20H19ClN4O3/c21-16-9-18-17(26-12-27-18)8-15(16)11-25-6-3-13(4-7-25)19-23-24-20(28-19)14-2-1-5-22-10-14/h1-2,5,8-10,13H,3-4,6-7,11-12H2. The van der Waals surface area contributed by atoms with Gasteiger partial charge < -0.3 is 13.9 Å². The zero-order valence-corrected chi connectivity index (χ0v) is 15.9. The highest BCUT2D eigenvalue weighted by Crippen LogP contribution is 2.38. The first-order valence-electron chi connectivity index (χ1n) is 9.30. The number of ether oxygens (including phenoxy) is 2. The Bertz CT molecular complexity index is 971. The molecule has 0 aliphatic carbocycles. The Labute approximate surface area is 167 Å². The molecule has 0 atom stereocenters. The lowest BCUT2D eigenvalue weighted by Gasteiger charge is -2.30. The second-order valence-electron chi connectivity index (χ2n) is 7.03. The summed E-state index contributed by atoms with van der Waals surface area (Å²) in [5, 5.41) is 9.16. The van der Waals surface area contributed by atoms with Gasteiger partial charge in [-0.25, -0.2) is 0 Å². The highest BCUT2D eigenvalue weighted by atomic mass is 35.5. The number of likely N-dealkylation sites (tertiary alicyclic amines) is 1. The third-order valence-corrected chi connectivity index (χ3v) is 5.57. The molecule has 8 heteroatoms. The van der Waals surface area contributed by atoms with Crippen molar-refractivity contribution in [2.75, 3.05) is 19.9 Å². The summed E-state index contributed by atoms with van der Waals surface area (Å²) >= 11 is 6.41. The van der Waals surface area contributed by atoms with E-state index in [1.165, 1.54) is 0 Å². The van der Waals surface area contributed by atoms with Gasteiger partial charge in [-0.1, -0.05) is 11.6 Å². The Kier molecular flexibility index (Phi) is 4.62. The van der Waals surface area contributed by atoms with Gasteiger partial charge in [-0.15, -0.1) is 10.2 Å². The molecule has 1 aromatic carbocycles. The van der Waals surface area contributed by atoms with Crippen LogP contribution in [0, 0.1) is 0 Å². The third kappa shape index (κ3) is 3.43. The maximum atomic E-state index is 6.41. The first kappa shape index (κ1) is 17.5. The molecule has 2 aliphatic heterocycles. The molecule has 0 spiro atoms. The normalized spacial score (nSPS) is 17.2. The molecule has 1 fully saturated rings. The predicted octanol–water partition coefficient (Wildman–Crippen LogP) is 3.89. The molecule has 7 nitrogen and oxygen atoms in total. The number of nitrogens with zero attached hydrogens (tertiary/aromatic N) is 4. The number of aromatic nitrogens is 3. The van der Waals surface area contributed by atoms with Crippen molar-refractivity contribution in [3.63, 3.8) is 0 Å². The Morgan fingerprint density at radius 2 is 1.93 bits per heavy atom. The van der Waals surface area contributed by atoms with Crippen molar-refractivity contribution in [3.8, 4) is 23.0 Å². The molecular formula is C20H19ClN4O3. The summed E-state index contributed by atoms with van der Waals surface area (Å²) in [5.41, 5.74) is 1.90. The minimum Gasteiger partial charge on any atom is -0.454 e. The van der Waals surface area contributed by atoms with Gasteiger partial charge in [-0.2, -0.15) is 0 Å². The van der Waals surface area contributed by atoms with Crippen molar-refractivity contribution in [1.29, 1.82) is 0 Å². The van der Waals surface area contributed by atoms with E-state index in [4.69, 9.17) is 25.5 Å². The van der Waals surface area contributed by atoms with Crippen LogP contribution in [0.15, 0.2) is 41.1 Å². The van der Waals surface area contributed by atoms with Gasteiger partial charge in [-0.05, 0) is 49.7 Å². The third-order valence-electron chi connectivity index (χ3n) is 5.22. The van der Waals surface area contributed by atoms with Gasteiger partial charge in [0.25, 0.3) is 0 Å². The molecule has 0 amide bonds. The van der Waals surface area contributed by atoms with E-state index >= 15 is 0 Å². The summed E-state index contributed by atoms with van der Waals surface area (Å²) in [5.74, 6) is 3.00. The van der Waals surface area contributed by atoms with E-state index in [0.717, 1.165) is 49.4 Å². The minimum atomic E-state index is 0.256. The average molecular weight is 399 g/mol. The zero-order valence-electron chi connectivity index (χ0n) is 15.2.